The highest BCUT2D eigenvalue weighted by atomic mass is 19.1. The van der Waals surface area contributed by atoms with Crippen LogP contribution in [0.1, 0.15) is 17.3 Å². The minimum Gasteiger partial charge on any atom is -0.478 e. The summed E-state index contributed by atoms with van der Waals surface area (Å²) >= 11 is 0. The van der Waals surface area contributed by atoms with Gasteiger partial charge in [0.1, 0.15) is 5.82 Å². The first kappa shape index (κ1) is 13.1. The fourth-order valence-corrected chi connectivity index (χ4v) is 1.21. The molecule has 0 saturated heterocycles. The maximum absolute atomic E-state index is 13.1. The second kappa shape index (κ2) is 5.95. The Morgan fingerprint density at radius 3 is 2.71 bits per heavy atom. The molecule has 1 aromatic rings. The van der Waals surface area contributed by atoms with Crippen molar-refractivity contribution in [2.75, 3.05) is 18.4 Å². The lowest BCUT2D eigenvalue weighted by molar-refractivity contribution is -0.115. The third-order valence-corrected chi connectivity index (χ3v) is 2.02. The van der Waals surface area contributed by atoms with E-state index in [1.807, 2.05) is 6.92 Å². The number of nitrogens with one attached hydrogen (secondary N) is 2. The lowest BCUT2D eigenvalue weighted by Gasteiger charge is -2.06. The van der Waals surface area contributed by atoms with E-state index in [9.17, 15) is 14.0 Å². The number of hydrogen-bond donors (Lipinski definition) is 3. The molecule has 0 aliphatic heterocycles. The van der Waals surface area contributed by atoms with Crippen LogP contribution in [0.3, 0.4) is 0 Å². The van der Waals surface area contributed by atoms with E-state index >= 15 is 0 Å². The number of anilines is 1. The Morgan fingerprint density at radius 1 is 1.41 bits per heavy atom. The van der Waals surface area contributed by atoms with Crippen LogP contribution in [-0.2, 0) is 4.79 Å². The van der Waals surface area contributed by atoms with Crippen LogP contribution in [0.15, 0.2) is 18.2 Å². The van der Waals surface area contributed by atoms with Crippen LogP contribution in [0.25, 0.3) is 0 Å². The van der Waals surface area contributed by atoms with Gasteiger partial charge in [0.25, 0.3) is 0 Å². The molecular formula is C11H13FN2O3. The van der Waals surface area contributed by atoms with E-state index in [0.29, 0.717) is 6.54 Å². The summed E-state index contributed by atoms with van der Waals surface area (Å²) in [5.41, 5.74) is -0.210. The summed E-state index contributed by atoms with van der Waals surface area (Å²) in [6.07, 6.45) is 0. The number of hydrogen-bond acceptors (Lipinski definition) is 3. The summed E-state index contributed by atoms with van der Waals surface area (Å²) in [6, 6.07) is 3.40. The van der Waals surface area contributed by atoms with Crippen molar-refractivity contribution in [1.29, 1.82) is 0 Å². The van der Waals surface area contributed by atoms with Gasteiger partial charge in [-0.25, -0.2) is 9.18 Å². The monoisotopic (exact) mass is 240 g/mol. The molecule has 0 saturated carbocycles. The lowest BCUT2D eigenvalue weighted by atomic mass is 10.2. The Morgan fingerprint density at radius 2 is 2.12 bits per heavy atom. The zero-order valence-corrected chi connectivity index (χ0v) is 9.29. The molecule has 0 aliphatic rings. The summed E-state index contributed by atoms with van der Waals surface area (Å²) in [5.74, 6) is -2.51. The second-order valence-corrected chi connectivity index (χ2v) is 3.33. The molecule has 3 N–H and O–H groups in total. The molecule has 0 spiro atoms. The van der Waals surface area contributed by atoms with E-state index in [1.165, 1.54) is 6.07 Å². The summed E-state index contributed by atoms with van der Waals surface area (Å²) in [5, 5.41) is 14.0. The van der Waals surface area contributed by atoms with Crippen molar-refractivity contribution < 1.29 is 19.1 Å². The quantitative estimate of drug-likeness (QED) is 0.719. The number of carboxylic acid groups (broad SMARTS) is 1. The fourth-order valence-electron chi connectivity index (χ4n) is 1.21. The topological polar surface area (TPSA) is 78.4 Å². The van der Waals surface area contributed by atoms with E-state index in [0.717, 1.165) is 12.1 Å². The Bertz CT molecular complexity index is 435. The predicted octanol–water partition coefficient (Wildman–Crippen LogP) is 1.07. The van der Waals surface area contributed by atoms with Gasteiger partial charge in [-0.05, 0) is 24.7 Å². The van der Waals surface area contributed by atoms with Gasteiger partial charge >= 0.3 is 5.97 Å². The number of halogens is 1. The number of benzene rings is 1. The molecule has 0 aromatic heterocycles. The molecule has 1 amide bonds. The SMILES string of the molecule is CCNCC(=O)Nc1ccc(F)c(C(=O)O)c1. The molecule has 0 atom stereocenters. The van der Waals surface area contributed by atoms with Crippen molar-refractivity contribution in [2.45, 2.75) is 6.92 Å². The van der Waals surface area contributed by atoms with Gasteiger partial charge in [0.15, 0.2) is 0 Å². The zero-order valence-electron chi connectivity index (χ0n) is 9.29. The number of likely N-dealkylation sites (N-methyl/N-ethyl adjacent to an activating group) is 1. The second-order valence-electron chi connectivity index (χ2n) is 3.33. The van der Waals surface area contributed by atoms with E-state index in [-0.39, 0.29) is 18.1 Å². The molecule has 1 rings (SSSR count). The van der Waals surface area contributed by atoms with Crippen molar-refractivity contribution in [1.82, 2.24) is 5.32 Å². The predicted molar refractivity (Wildman–Crippen MR) is 60.5 cm³/mol. The molecule has 0 heterocycles. The number of carbonyl (C=O) groups excluding carboxylic acids is 1. The number of rotatable bonds is 5. The van der Waals surface area contributed by atoms with Gasteiger partial charge in [0, 0.05) is 5.69 Å². The number of amides is 1. The Kier molecular flexibility index (Phi) is 4.59. The highest BCUT2D eigenvalue weighted by Gasteiger charge is 2.11. The summed E-state index contributed by atoms with van der Waals surface area (Å²) in [4.78, 5) is 22.0. The van der Waals surface area contributed by atoms with Crippen LogP contribution in [0, 0.1) is 5.82 Å². The molecule has 0 unspecified atom stereocenters. The standard InChI is InChI=1S/C11H13FN2O3/c1-2-13-6-10(15)14-7-3-4-9(12)8(5-7)11(16)17/h3-5,13H,2,6H2,1H3,(H,14,15)(H,16,17). The van der Waals surface area contributed by atoms with Gasteiger partial charge in [0.05, 0.1) is 12.1 Å². The third-order valence-electron chi connectivity index (χ3n) is 2.02. The van der Waals surface area contributed by atoms with Crippen molar-refractivity contribution in [3.8, 4) is 0 Å². The summed E-state index contributed by atoms with van der Waals surface area (Å²) in [6.45, 7) is 2.63. The van der Waals surface area contributed by atoms with Crippen molar-refractivity contribution in [3.63, 3.8) is 0 Å². The Balaban J connectivity index is 2.75. The van der Waals surface area contributed by atoms with Gasteiger partial charge in [-0.1, -0.05) is 6.92 Å². The van der Waals surface area contributed by atoms with Gasteiger partial charge in [-0.2, -0.15) is 0 Å². The van der Waals surface area contributed by atoms with Gasteiger partial charge < -0.3 is 15.7 Å². The van der Waals surface area contributed by atoms with Crippen LogP contribution < -0.4 is 10.6 Å². The normalized spacial score (nSPS) is 10.0. The van der Waals surface area contributed by atoms with E-state index in [4.69, 9.17) is 5.11 Å². The first-order valence-electron chi connectivity index (χ1n) is 5.08. The van der Waals surface area contributed by atoms with Crippen molar-refractivity contribution in [2.24, 2.45) is 0 Å². The maximum atomic E-state index is 13.1. The van der Waals surface area contributed by atoms with Crippen molar-refractivity contribution in [3.05, 3.63) is 29.6 Å². The van der Waals surface area contributed by atoms with Crippen LogP contribution in [0.4, 0.5) is 10.1 Å². The highest BCUT2D eigenvalue weighted by molar-refractivity contribution is 5.94. The molecular weight excluding hydrogens is 227 g/mol. The van der Waals surface area contributed by atoms with E-state index in [1.54, 1.807) is 0 Å². The highest BCUT2D eigenvalue weighted by Crippen LogP contribution is 2.14. The molecule has 6 heteroatoms. The summed E-state index contributed by atoms with van der Waals surface area (Å²) in [7, 11) is 0. The van der Waals surface area contributed by atoms with E-state index < -0.39 is 17.3 Å². The van der Waals surface area contributed by atoms with Crippen LogP contribution in [-0.4, -0.2) is 30.1 Å². The van der Waals surface area contributed by atoms with Crippen molar-refractivity contribution >= 4 is 17.6 Å². The Labute approximate surface area is 97.6 Å². The average Bonchev–Trinajstić information content (AvgIpc) is 2.28. The van der Waals surface area contributed by atoms with Gasteiger partial charge in [0.2, 0.25) is 5.91 Å². The molecule has 5 nitrogen and oxygen atoms in total. The number of carbonyl (C=O) groups is 2. The van der Waals surface area contributed by atoms with E-state index in [2.05, 4.69) is 10.6 Å². The molecule has 0 aliphatic carbocycles. The first-order chi connectivity index (χ1) is 8.04. The molecule has 0 fully saturated rings. The van der Waals surface area contributed by atoms with Gasteiger partial charge in [-0.15, -0.1) is 0 Å². The molecule has 0 radical (unpaired) electrons. The average molecular weight is 240 g/mol. The largest absolute Gasteiger partial charge is 0.478 e. The Hall–Kier alpha value is -1.95. The number of aromatic carboxylic acids is 1. The van der Waals surface area contributed by atoms with Gasteiger partial charge in [-0.3, -0.25) is 4.79 Å². The minimum atomic E-state index is -1.37. The number of carboxylic acids is 1. The third kappa shape index (κ3) is 3.84. The fraction of sp³-hybridized carbons (Fsp3) is 0.273. The minimum absolute atomic E-state index is 0.121. The zero-order chi connectivity index (χ0) is 12.8. The molecule has 17 heavy (non-hydrogen) atoms. The smallest absolute Gasteiger partial charge is 0.338 e. The molecule has 0 bridgehead atoms. The first-order valence-corrected chi connectivity index (χ1v) is 5.08. The van der Waals surface area contributed by atoms with Crippen LogP contribution >= 0.6 is 0 Å². The summed E-state index contributed by atoms with van der Waals surface area (Å²) < 4.78 is 13.1. The maximum Gasteiger partial charge on any atom is 0.338 e. The molecule has 1 aromatic carbocycles. The lowest BCUT2D eigenvalue weighted by Crippen LogP contribution is -2.27. The van der Waals surface area contributed by atoms with Crippen LogP contribution in [0.5, 0.6) is 0 Å². The van der Waals surface area contributed by atoms with Crippen LogP contribution in [0.2, 0.25) is 0 Å². The molecule has 92 valence electrons.